The molecule has 1 aliphatic heterocycles. The number of aromatic nitrogens is 3. The lowest BCUT2D eigenvalue weighted by atomic mass is 10.1. The van der Waals surface area contributed by atoms with E-state index in [1.165, 1.54) is 7.11 Å². The van der Waals surface area contributed by atoms with Gasteiger partial charge in [0.25, 0.3) is 0 Å². The van der Waals surface area contributed by atoms with Gasteiger partial charge in [-0.25, -0.2) is 19.0 Å². The number of methoxy groups -OCH3 is 1. The average Bonchev–Trinajstić information content (AvgIpc) is 2.82. The first kappa shape index (κ1) is 10.7. The number of carbonyl (C=O) groups excluding carboxylic acids is 1. The van der Waals surface area contributed by atoms with Crippen LogP contribution in [0.2, 0.25) is 0 Å². The molecule has 2 rings (SSSR count). The maximum Gasteiger partial charge on any atom is 0.353 e. The molecule has 0 saturated carbocycles. The summed E-state index contributed by atoms with van der Waals surface area (Å²) in [7, 11) is 1.22. The lowest BCUT2D eigenvalue weighted by Crippen LogP contribution is -2.43. The van der Waals surface area contributed by atoms with Crippen LogP contribution in [0.25, 0.3) is 0 Å². The fourth-order valence-electron chi connectivity index (χ4n) is 1.73. The first-order valence-electron chi connectivity index (χ1n) is 4.85. The fourth-order valence-corrected chi connectivity index (χ4v) is 1.73. The third kappa shape index (κ3) is 1.17. The van der Waals surface area contributed by atoms with Crippen LogP contribution in [0, 0.1) is 0 Å². The SMILES string of the molecule is COC(=O)C1n2c(=O)n(C(C)(C)C)c(=O)n21. The van der Waals surface area contributed by atoms with E-state index in [4.69, 9.17) is 0 Å². The molecule has 0 unspecified atom stereocenters. The summed E-state index contributed by atoms with van der Waals surface area (Å²) in [6.07, 6.45) is -0.872. The van der Waals surface area contributed by atoms with Crippen LogP contribution >= 0.6 is 0 Å². The second-order valence-corrected chi connectivity index (χ2v) is 4.66. The molecule has 0 amide bonds. The Morgan fingerprint density at radius 2 is 1.62 bits per heavy atom. The molecule has 0 aromatic carbocycles. The molecule has 0 radical (unpaired) electrons. The van der Waals surface area contributed by atoms with Gasteiger partial charge in [0.15, 0.2) is 0 Å². The summed E-state index contributed by atoms with van der Waals surface area (Å²) in [4.78, 5) is 34.8. The Labute approximate surface area is 90.8 Å². The van der Waals surface area contributed by atoms with Crippen LogP contribution in [0.5, 0.6) is 0 Å². The third-order valence-corrected chi connectivity index (χ3v) is 2.50. The zero-order chi connectivity index (χ0) is 12.2. The summed E-state index contributed by atoms with van der Waals surface area (Å²) < 4.78 is 7.79. The molecule has 1 aromatic rings. The fraction of sp³-hybridized carbons (Fsp3) is 0.667. The molecular weight excluding hydrogens is 214 g/mol. The van der Waals surface area contributed by atoms with E-state index in [0.29, 0.717) is 0 Å². The highest BCUT2D eigenvalue weighted by molar-refractivity contribution is 5.75. The van der Waals surface area contributed by atoms with Crippen LogP contribution in [0.4, 0.5) is 0 Å². The van der Waals surface area contributed by atoms with Gasteiger partial charge in [0.05, 0.1) is 7.11 Å². The molecule has 1 aromatic heterocycles. The van der Waals surface area contributed by atoms with E-state index in [9.17, 15) is 14.4 Å². The minimum Gasteiger partial charge on any atom is -0.466 e. The Bertz CT molecular complexity index is 534. The van der Waals surface area contributed by atoms with Crippen molar-refractivity contribution < 1.29 is 9.53 Å². The van der Waals surface area contributed by atoms with Crippen LogP contribution in [0.1, 0.15) is 26.9 Å². The van der Waals surface area contributed by atoms with Gasteiger partial charge in [-0.15, -0.1) is 0 Å². The molecule has 0 fully saturated rings. The van der Waals surface area contributed by atoms with Gasteiger partial charge in [-0.1, -0.05) is 0 Å². The molecule has 2 heterocycles. The molecule has 0 aliphatic carbocycles. The second-order valence-electron chi connectivity index (χ2n) is 4.66. The van der Waals surface area contributed by atoms with E-state index in [0.717, 1.165) is 13.9 Å². The summed E-state index contributed by atoms with van der Waals surface area (Å²) >= 11 is 0. The molecule has 0 bridgehead atoms. The number of hydrogen-bond acceptors (Lipinski definition) is 4. The summed E-state index contributed by atoms with van der Waals surface area (Å²) in [6, 6.07) is 0. The van der Waals surface area contributed by atoms with Gasteiger partial charge in [-0.2, -0.15) is 9.36 Å². The Morgan fingerprint density at radius 3 is 1.94 bits per heavy atom. The van der Waals surface area contributed by atoms with Crippen LogP contribution in [0.3, 0.4) is 0 Å². The predicted molar refractivity (Wildman–Crippen MR) is 54.4 cm³/mol. The topological polar surface area (TPSA) is 75.2 Å². The smallest absolute Gasteiger partial charge is 0.353 e. The Kier molecular flexibility index (Phi) is 1.92. The van der Waals surface area contributed by atoms with Crippen LogP contribution < -0.4 is 11.4 Å². The van der Waals surface area contributed by atoms with E-state index >= 15 is 0 Å². The molecule has 16 heavy (non-hydrogen) atoms. The van der Waals surface area contributed by atoms with Gasteiger partial charge in [0, 0.05) is 5.54 Å². The first-order chi connectivity index (χ1) is 7.30. The molecule has 7 nitrogen and oxygen atoms in total. The minimum atomic E-state index is -0.872. The lowest BCUT2D eigenvalue weighted by Gasteiger charge is -2.17. The van der Waals surface area contributed by atoms with Crippen molar-refractivity contribution >= 4 is 5.97 Å². The van der Waals surface area contributed by atoms with E-state index in [1.54, 1.807) is 20.8 Å². The highest BCUT2D eigenvalue weighted by atomic mass is 16.5. The number of fused-ring (bicyclic) bond motifs is 1. The highest BCUT2D eigenvalue weighted by Gasteiger charge is 2.47. The molecule has 0 saturated heterocycles. The highest BCUT2D eigenvalue weighted by Crippen LogP contribution is 2.21. The lowest BCUT2D eigenvalue weighted by molar-refractivity contribution is -0.142. The molecule has 1 aliphatic rings. The van der Waals surface area contributed by atoms with E-state index in [-0.39, 0.29) is 0 Å². The van der Waals surface area contributed by atoms with Gasteiger partial charge in [0.2, 0.25) is 6.17 Å². The second kappa shape index (κ2) is 2.87. The monoisotopic (exact) mass is 227 g/mol. The van der Waals surface area contributed by atoms with Crippen molar-refractivity contribution in [1.82, 2.24) is 13.9 Å². The van der Waals surface area contributed by atoms with E-state index in [2.05, 4.69) is 4.74 Å². The van der Waals surface area contributed by atoms with E-state index < -0.39 is 29.1 Å². The molecule has 0 spiro atoms. The van der Waals surface area contributed by atoms with Crippen molar-refractivity contribution in [2.45, 2.75) is 32.5 Å². The third-order valence-electron chi connectivity index (χ3n) is 2.50. The summed E-state index contributed by atoms with van der Waals surface area (Å²) in [5.41, 5.74) is -1.55. The van der Waals surface area contributed by atoms with Crippen LogP contribution in [0.15, 0.2) is 9.59 Å². The maximum absolute atomic E-state index is 11.8. The standard InChI is InChI=1S/C9H13N3O4/c1-9(2,3)10-7(14)11-5(6(13)16-4)12(11)8(10)15/h5H,1-4H3. The maximum atomic E-state index is 11.8. The minimum absolute atomic E-state index is 0.479. The van der Waals surface area contributed by atoms with Crippen molar-refractivity contribution in [2.24, 2.45) is 0 Å². The molecule has 7 heteroatoms. The van der Waals surface area contributed by atoms with Gasteiger partial charge >= 0.3 is 17.3 Å². The Morgan fingerprint density at radius 1 is 1.19 bits per heavy atom. The number of hydrogen-bond donors (Lipinski definition) is 0. The van der Waals surface area contributed by atoms with Gasteiger partial charge in [-0.3, -0.25) is 0 Å². The first-order valence-corrected chi connectivity index (χ1v) is 4.85. The van der Waals surface area contributed by atoms with Gasteiger partial charge in [0.1, 0.15) is 0 Å². The van der Waals surface area contributed by atoms with Gasteiger partial charge in [-0.05, 0) is 20.8 Å². The van der Waals surface area contributed by atoms with Gasteiger partial charge < -0.3 is 4.74 Å². The normalized spacial score (nSPS) is 14.8. The molecule has 0 atom stereocenters. The Hall–Kier alpha value is -1.79. The quantitative estimate of drug-likeness (QED) is 0.583. The number of carbonyl (C=O) groups is 1. The largest absolute Gasteiger partial charge is 0.466 e. The summed E-state index contributed by atoms with van der Waals surface area (Å²) in [6.45, 7) is 5.26. The molecule has 88 valence electrons. The predicted octanol–water partition coefficient (Wildman–Crippen LogP) is -0.900. The Balaban J connectivity index is 2.53. The van der Waals surface area contributed by atoms with Crippen molar-refractivity contribution in [1.29, 1.82) is 0 Å². The number of esters is 1. The van der Waals surface area contributed by atoms with Crippen molar-refractivity contribution in [3.63, 3.8) is 0 Å². The number of ether oxygens (including phenoxy) is 1. The number of nitrogens with zero attached hydrogens (tertiary/aromatic N) is 3. The number of rotatable bonds is 1. The molecule has 0 N–H and O–H groups in total. The van der Waals surface area contributed by atoms with Crippen molar-refractivity contribution in [3.8, 4) is 0 Å². The summed E-state index contributed by atoms with van der Waals surface area (Å²) in [5, 5.41) is 0. The zero-order valence-corrected chi connectivity index (χ0v) is 9.55. The van der Waals surface area contributed by atoms with Crippen molar-refractivity contribution in [2.75, 3.05) is 7.11 Å². The van der Waals surface area contributed by atoms with Crippen LogP contribution in [-0.4, -0.2) is 27.0 Å². The van der Waals surface area contributed by atoms with Crippen LogP contribution in [-0.2, 0) is 15.1 Å². The van der Waals surface area contributed by atoms with E-state index in [1.807, 2.05) is 0 Å². The summed E-state index contributed by atoms with van der Waals surface area (Å²) in [5.74, 6) is -0.602. The zero-order valence-electron chi connectivity index (χ0n) is 9.55. The van der Waals surface area contributed by atoms with Crippen molar-refractivity contribution in [3.05, 3.63) is 21.0 Å². The molecular formula is C9H13N3O4. The average molecular weight is 227 g/mol.